The first-order valence-electron chi connectivity index (χ1n) is 6.43. The fourth-order valence-electron chi connectivity index (χ4n) is 2.44. The summed E-state index contributed by atoms with van der Waals surface area (Å²) in [5, 5.41) is 0.645. The number of halogens is 2. The summed E-state index contributed by atoms with van der Waals surface area (Å²) in [6, 6.07) is 1.53. The summed E-state index contributed by atoms with van der Waals surface area (Å²) in [6.45, 7) is 0. The van der Waals surface area contributed by atoms with Crippen LogP contribution in [0, 0.1) is 0 Å². The Hall–Kier alpha value is 0.0974. The summed E-state index contributed by atoms with van der Waals surface area (Å²) in [6.07, 6.45) is 4.56. The summed E-state index contributed by atoms with van der Waals surface area (Å²) >= 11 is 12.2. The molecule has 0 aliphatic heterocycles. The van der Waals surface area contributed by atoms with Crippen molar-refractivity contribution in [3.63, 3.8) is 0 Å². The number of benzene rings is 1. The average Bonchev–Trinajstić information content (AvgIpc) is 2.90. The molecule has 1 saturated carbocycles. The average molecular weight is 341 g/mol. The molecular weight excluding hydrogens is 325 g/mol. The van der Waals surface area contributed by atoms with Gasteiger partial charge in [-0.2, -0.15) is 5.66 Å². The topological polar surface area (TPSA) is 35.5 Å². The molecular formula is C14H16Cl2LiO3P. The maximum Gasteiger partial charge on any atom is 1.00 e. The van der Waals surface area contributed by atoms with Gasteiger partial charge in [-0.15, -0.1) is 0 Å². The summed E-state index contributed by atoms with van der Waals surface area (Å²) < 4.78 is 10.5. The molecule has 7 heteroatoms. The Balaban J connectivity index is 0.00000220. The second kappa shape index (κ2) is 8.66. The van der Waals surface area contributed by atoms with Gasteiger partial charge in [0.25, 0.3) is 0 Å². The number of methoxy groups -OCH3 is 2. The summed E-state index contributed by atoms with van der Waals surface area (Å²) in [4.78, 5) is 12.6. The monoisotopic (exact) mass is 340 g/mol. The molecule has 21 heavy (non-hydrogen) atoms. The zero-order chi connectivity index (χ0) is 14.7. The molecule has 0 heterocycles. The molecule has 1 aromatic rings. The van der Waals surface area contributed by atoms with Crippen molar-refractivity contribution in [2.75, 3.05) is 14.2 Å². The molecule has 0 atom stereocenters. The predicted molar refractivity (Wildman–Crippen MR) is 83.1 cm³/mol. The van der Waals surface area contributed by atoms with Gasteiger partial charge < -0.3 is 22.8 Å². The Morgan fingerprint density at radius 1 is 1.14 bits per heavy atom. The van der Waals surface area contributed by atoms with Crippen LogP contribution >= 0.6 is 31.8 Å². The molecule has 0 N–H and O–H groups in total. The van der Waals surface area contributed by atoms with E-state index in [0.717, 1.165) is 21.4 Å². The molecule has 0 saturated heterocycles. The molecule has 0 radical (unpaired) electrons. The number of carbonyl (C=O) groups excluding carboxylic acids is 1. The Bertz CT molecular complexity index is 491. The maximum absolute atomic E-state index is 12.6. The van der Waals surface area contributed by atoms with Gasteiger partial charge in [-0.25, -0.2) is 0 Å². The number of rotatable bonds is 5. The fourth-order valence-corrected chi connectivity index (χ4v) is 4.35. The van der Waals surface area contributed by atoms with Crippen LogP contribution < -0.4 is 28.3 Å². The van der Waals surface area contributed by atoms with Gasteiger partial charge in [0.15, 0.2) is 0 Å². The van der Waals surface area contributed by atoms with E-state index in [0.29, 0.717) is 32.8 Å². The minimum absolute atomic E-state index is 0. The molecule has 1 aliphatic rings. The van der Waals surface area contributed by atoms with Crippen LogP contribution in [0.3, 0.4) is 0 Å². The molecule has 1 aliphatic carbocycles. The third-order valence-electron chi connectivity index (χ3n) is 3.39. The van der Waals surface area contributed by atoms with E-state index in [2.05, 4.69) is 0 Å². The van der Waals surface area contributed by atoms with Crippen LogP contribution in [0.15, 0.2) is 6.07 Å². The molecule has 0 spiro atoms. The van der Waals surface area contributed by atoms with Crippen molar-refractivity contribution in [1.82, 2.24) is 0 Å². The van der Waals surface area contributed by atoms with Crippen LogP contribution in [0.4, 0.5) is 0 Å². The van der Waals surface area contributed by atoms with Gasteiger partial charge in [0, 0.05) is 5.52 Å². The van der Waals surface area contributed by atoms with E-state index in [1.807, 2.05) is 0 Å². The van der Waals surface area contributed by atoms with Crippen molar-refractivity contribution >= 4 is 37.3 Å². The van der Waals surface area contributed by atoms with E-state index in [4.69, 9.17) is 32.7 Å². The normalized spacial score (nSPS) is 15.2. The number of ether oxygens (including phenoxy) is 2. The largest absolute Gasteiger partial charge is 1.00 e. The summed E-state index contributed by atoms with van der Waals surface area (Å²) in [5.41, 5.74) is 0.714. The van der Waals surface area contributed by atoms with Crippen LogP contribution in [-0.2, 0) is 0 Å². The van der Waals surface area contributed by atoms with Gasteiger partial charge in [-0.05, 0) is 6.07 Å². The second-order valence-corrected chi connectivity index (χ2v) is 6.86. The number of hydrogen-bond donors (Lipinski definition) is 0. The molecule has 1 aromatic carbocycles. The van der Waals surface area contributed by atoms with Crippen LogP contribution in [0.1, 0.15) is 36.0 Å². The smallest absolute Gasteiger partial charge is 0.494 e. The standard InChI is InChI=1S/C14H16Cl2O3P.Li/c1-18-12-9(15)7-10(16)13(19-2)11(12)14(17)20-8-5-3-4-6-8;/h7-8H,3-6H2,1-2H3;/q-1;+1. The predicted octanol–water partition coefficient (Wildman–Crippen LogP) is 2.04. The first-order chi connectivity index (χ1) is 9.58. The molecule has 2 rings (SSSR count). The quantitative estimate of drug-likeness (QED) is 0.608. The molecule has 3 nitrogen and oxygen atoms in total. The number of carbonyl (C=O) groups is 1. The van der Waals surface area contributed by atoms with E-state index in [-0.39, 0.29) is 24.4 Å². The fraction of sp³-hybridized carbons (Fsp3) is 0.500. The summed E-state index contributed by atoms with van der Waals surface area (Å²) in [5.74, 6) is 0.673. The van der Waals surface area contributed by atoms with Gasteiger partial charge in [0.05, 0.1) is 29.8 Å². The Kier molecular flexibility index (Phi) is 7.89. The molecule has 1 fully saturated rings. The zero-order valence-corrected chi connectivity index (χ0v) is 14.8. The first kappa shape index (κ1) is 19.1. The molecule has 0 amide bonds. The molecule has 0 unspecified atom stereocenters. The van der Waals surface area contributed by atoms with Crippen molar-refractivity contribution in [3.8, 4) is 11.5 Å². The minimum atomic E-state index is -0.0463. The van der Waals surface area contributed by atoms with Crippen LogP contribution in [0.5, 0.6) is 11.5 Å². The maximum atomic E-state index is 12.6. The van der Waals surface area contributed by atoms with E-state index in [1.165, 1.54) is 33.1 Å². The van der Waals surface area contributed by atoms with Crippen molar-refractivity contribution < 1.29 is 33.1 Å². The third kappa shape index (κ3) is 4.31. The van der Waals surface area contributed by atoms with Gasteiger partial charge in [-0.3, -0.25) is 0 Å². The van der Waals surface area contributed by atoms with E-state index >= 15 is 0 Å². The second-order valence-electron chi connectivity index (χ2n) is 4.65. The minimum Gasteiger partial charge on any atom is -0.494 e. The summed E-state index contributed by atoms with van der Waals surface area (Å²) in [7, 11) is 3.73. The van der Waals surface area contributed by atoms with Gasteiger partial charge in [0.1, 0.15) is 11.5 Å². The first-order valence-corrected chi connectivity index (χ1v) is 8.15. The molecule has 110 valence electrons. The number of hydrogen-bond acceptors (Lipinski definition) is 3. The van der Waals surface area contributed by atoms with E-state index in [1.54, 1.807) is 0 Å². The van der Waals surface area contributed by atoms with E-state index < -0.39 is 0 Å². The molecule has 0 aromatic heterocycles. The zero-order valence-electron chi connectivity index (χ0n) is 12.4. The third-order valence-corrected chi connectivity index (χ3v) is 5.29. The molecule has 0 bridgehead atoms. The Morgan fingerprint density at radius 3 is 2.05 bits per heavy atom. The van der Waals surface area contributed by atoms with Crippen LogP contribution in [0.2, 0.25) is 10.0 Å². The van der Waals surface area contributed by atoms with Crippen LogP contribution in [-0.4, -0.2) is 25.4 Å². The van der Waals surface area contributed by atoms with Crippen molar-refractivity contribution in [3.05, 3.63) is 21.7 Å². The van der Waals surface area contributed by atoms with Crippen molar-refractivity contribution in [2.45, 2.75) is 31.3 Å². The van der Waals surface area contributed by atoms with Crippen molar-refractivity contribution in [2.24, 2.45) is 0 Å². The SMILES string of the molecule is COc1c(Cl)cc(Cl)c(OC)c1C(=O)[P-]C1CCCC1.[Li+]. The van der Waals surface area contributed by atoms with Gasteiger partial charge in [-0.1, -0.05) is 48.9 Å². The van der Waals surface area contributed by atoms with E-state index in [9.17, 15) is 4.79 Å². The van der Waals surface area contributed by atoms with Crippen LogP contribution in [0.25, 0.3) is 0 Å². The Labute approximate surface area is 149 Å². The van der Waals surface area contributed by atoms with Crippen molar-refractivity contribution in [1.29, 1.82) is 0 Å². The van der Waals surface area contributed by atoms with Gasteiger partial charge >= 0.3 is 18.9 Å². The Morgan fingerprint density at radius 2 is 1.62 bits per heavy atom. The van der Waals surface area contributed by atoms with Gasteiger partial charge in [0.2, 0.25) is 0 Å².